The number of nitrogens with zero attached hydrogens (tertiary/aromatic N) is 3. The van der Waals surface area contributed by atoms with E-state index >= 15 is 0 Å². The molecule has 2 aromatic rings. The molecule has 0 amide bonds. The number of rotatable bonds is 2. The Morgan fingerprint density at radius 3 is 2.86 bits per heavy atom. The van der Waals surface area contributed by atoms with E-state index in [0.29, 0.717) is 0 Å². The first-order valence-electron chi connectivity index (χ1n) is 4.79. The number of hydrogen-bond donors (Lipinski definition) is 1. The van der Waals surface area contributed by atoms with Crippen LogP contribution in [0, 0.1) is 0 Å². The fourth-order valence-corrected chi connectivity index (χ4v) is 1.47. The zero-order valence-electron chi connectivity index (χ0n) is 8.70. The summed E-state index contributed by atoms with van der Waals surface area (Å²) in [6.07, 6.45) is 4.43. The van der Waals surface area contributed by atoms with E-state index < -0.39 is 0 Å². The van der Waals surface area contributed by atoms with Crippen LogP contribution in [-0.4, -0.2) is 20.2 Å². The summed E-state index contributed by atoms with van der Waals surface area (Å²) in [5.74, 6) is 0. The first-order chi connectivity index (χ1) is 6.65. The molecule has 0 fully saturated rings. The van der Waals surface area contributed by atoms with Gasteiger partial charge in [-0.25, -0.2) is 9.97 Å². The molecule has 0 atom stereocenters. The summed E-state index contributed by atoms with van der Waals surface area (Å²) in [6.45, 7) is 6.53. The summed E-state index contributed by atoms with van der Waals surface area (Å²) < 4.78 is 0. The third-order valence-electron chi connectivity index (χ3n) is 2.77. The number of H-pyrrole nitrogens is 1. The molecule has 1 N–H and O–H groups in total. The zero-order valence-corrected chi connectivity index (χ0v) is 8.70. The van der Waals surface area contributed by atoms with Crippen LogP contribution in [0.3, 0.4) is 0 Å². The molecule has 14 heavy (non-hydrogen) atoms. The Morgan fingerprint density at radius 1 is 1.36 bits per heavy atom. The van der Waals surface area contributed by atoms with E-state index in [1.807, 2.05) is 0 Å². The van der Waals surface area contributed by atoms with Gasteiger partial charge in [-0.15, -0.1) is 0 Å². The normalized spacial score (nSPS) is 12.2. The molecule has 0 aliphatic carbocycles. The lowest BCUT2D eigenvalue weighted by molar-refractivity contribution is 0.494. The van der Waals surface area contributed by atoms with E-state index in [4.69, 9.17) is 0 Å². The molecule has 74 valence electrons. The highest BCUT2D eigenvalue weighted by Gasteiger charge is 2.23. The van der Waals surface area contributed by atoms with Gasteiger partial charge in [0.2, 0.25) is 0 Å². The van der Waals surface area contributed by atoms with Gasteiger partial charge in [-0.3, -0.25) is 5.10 Å². The van der Waals surface area contributed by atoms with E-state index in [0.717, 1.165) is 23.1 Å². The van der Waals surface area contributed by atoms with Gasteiger partial charge in [0.1, 0.15) is 6.33 Å². The first-order valence-corrected chi connectivity index (χ1v) is 4.79. The largest absolute Gasteiger partial charge is 0.261 e. The molecule has 4 nitrogen and oxygen atoms in total. The predicted octanol–water partition coefficient (Wildman–Crippen LogP) is 2.04. The van der Waals surface area contributed by atoms with Crippen molar-refractivity contribution in [2.45, 2.75) is 32.6 Å². The van der Waals surface area contributed by atoms with Crippen molar-refractivity contribution in [2.24, 2.45) is 0 Å². The number of nitrogens with one attached hydrogen (secondary N) is 1. The van der Waals surface area contributed by atoms with Crippen molar-refractivity contribution in [2.75, 3.05) is 0 Å². The van der Waals surface area contributed by atoms with Crippen LogP contribution in [-0.2, 0) is 5.41 Å². The van der Waals surface area contributed by atoms with E-state index in [9.17, 15) is 0 Å². The quantitative estimate of drug-likeness (QED) is 0.788. The van der Waals surface area contributed by atoms with Gasteiger partial charge >= 0.3 is 0 Å². The lowest BCUT2D eigenvalue weighted by Gasteiger charge is -2.21. The van der Waals surface area contributed by atoms with Crippen LogP contribution in [0.15, 0.2) is 12.5 Å². The maximum absolute atomic E-state index is 4.35. The zero-order chi connectivity index (χ0) is 10.2. The number of hydrogen-bond acceptors (Lipinski definition) is 3. The molecule has 0 saturated carbocycles. The Morgan fingerprint density at radius 2 is 2.14 bits per heavy atom. The lowest BCUT2D eigenvalue weighted by Crippen LogP contribution is -2.17. The van der Waals surface area contributed by atoms with E-state index in [2.05, 4.69) is 40.9 Å². The molecule has 0 aliphatic heterocycles. The fraction of sp³-hybridized carbons (Fsp3) is 0.500. The second kappa shape index (κ2) is 3.04. The van der Waals surface area contributed by atoms with Crippen molar-refractivity contribution < 1.29 is 0 Å². The molecule has 4 heteroatoms. The van der Waals surface area contributed by atoms with Crippen LogP contribution in [0.4, 0.5) is 0 Å². The smallest absolute Gasteiger partial charge is 0.158 e. The van der Waals surface area contributed by atoms with Gasteiger partial charge in [-0.1, -0.05) is 20.8 Å². The van der Waals surface area contributed by atoms with Gasteiger partial charge in [-0.2, -0.15) is 5.10 Å². The van der Waals surface area contributed by atoms with Crippen LogP contribution >= 0.6 is 0 Å². The van der Waals surface area contributed by atoms with Crippen molar-refractivity contribution in [3.63, 3.8) is 0 Å². The Balaban J connectivity index is 2.67. The number of aromatic nitrogens is 4. The summed E-state index contributed by atoms with van der Waals surface area (Å²) >= 11 is 0. The van der Waals surface area contributed by atoms with Gasteiger partial charge < -0.3 is 0 Å². The highest BCUT2D eigenvalue weighted by Crippen LogP contribution is 2.28. The van der Waals surface area contributed by atoms with Crippen molar-refractivity contribution in [3.05, 3.63) is 18.2 Å². The molecule has 2 aromatic heterocycles. The molecule has 2 heterocycles. The second-order valence-corrected chi connectivity index (χ2v) is 4.09. The SMILES string of the molecule is CCC(C)(C)c1ncnc2[nH]ncc12. The van der Waals surface area contributed by atoms with E-state index in [1.54, 1.807) is 12.5 Å². The summed E-state index contributed by atoms with van der Waals surface area (Å²) in [5, 5.41) is 7.86. The highest BCUT2D eigenvalue weighted by molar-refractivity contribution is 5.77. The summed E-state index contributed by atoms with van der Waals surface area (Å²) in [7, 11) is 0. The van der Waals surface area contributed by atoms with Crippen molar-refractivity contribution in [1.29, 1.82) is 0 Å². The Bertz CT molecular complexity index is 444. The molecule has 2 rings (SSSR count). The van der Waals surface area contributed by atoms with Crippen LogP contribution in [0.2, 0.25) is 0 Å². The Hall–Kier alpha value is -1.45. The average Bonchev–Trinajstić information content (AvgIpc) is 2.64. The molecular formula is C10H14N4. The van der Waals surface area contributed by atoms with E-state index in [1.165, 1.54) is 0 Å². The minimum Gasteiger partial charge on any atom is -0.261 e. The van der Waals surface area contributed by atoms with Crippen LogP contribution in [0.5, 0.6) is 0 Å². The predicted molar refractivity (Wildman–Crippen MR) is 55.0 cm³/mol. The van der Waals surface area contributed by atoms with Gasteiger partial charge in [0, 0.05) is 5.41 Å². The van der Waals surface area contributed by atoms with Gasteiger partial charge in [-0.05, 0) is 6.42 Å². The van der Waals surface area contributed by atoms with Crippen molar-refractivity contribution in [1.82, 2.24) is 20.2 Å². The first kappa shape index (κ1) is 9.12. The Kier molecular flexibility index (Phi) is 1.98. The highest BCUT2D eigenvalue weighted by atomic mass is 15.1. The monoisotopic (exact) mass is 190 g/mol. The van der Waals surface area contributed by atoms with Gasteiger partial charge in [0.15, 0.2) is 5.65 Å². The number of aromatic amines is 1. The maximum atomic E-state index is 4.35. The van der Waals surface area contributed by atoms with Crippen molar-refractivity contribution in [3.8, 4) is 0 Å². The Labute approximate surface area is 82.8 Å². The summed E-state index contributed by atoms with van der Waals surface area (Å²) in [4.78, 5) is 8.47. The van der Waals surface area contributed by atoms with E-state index in [-0.39, 0.29) is 5.41 Å². The lowest BCUT2D eigenvalue weighted by atomic mass is 9.85. The molecule has 0 aliphatic rings. The minimum atomic E-state index is 0.0745. The van der Waals surface area contributed by atoms with Crippen LogP contribution < -0.4 is 0 Å². The summed E-state index contributed by atoms with van der Waals surface area (Å²) in [5.41, 5.74) is 1.96. The standard InChI is InChI=1S/C10H14N4/c1-4-10(2,3)8-7-5-13-14-9(7)12-6-11-8/h5-6H,4H2,1-3H3,(H,11,12,13,14). The third-order valence-corrected chi connectivity index (χ3v) is 2.77. The molecule has 0 spiro atoms. The summed E-state index contributed by atoms with van der Waals surface area (Å²) in [6, 6.07) is 0. The molecular weight excluding hydrogens is 176 g/mol. The molecule has 0 aromatic carbocycles. The second-order valence-electron chi connectivity index (χ2n) is 4.09. The average molecular weight is 190 g/mol. The fourth-order valence-electron chi connectivity index (χ4n) is 1.47. The van der Waals surface area contributed by atoms with Crippen LogP contribution in [0.25, 0.3) is 11.0 Å². The van der Waals surface area contributed by atoms with Gasteiger partial charge in [0.25, 0.3) is 0 Å². The van der Waals surface area contributed by atoms with Gasteiger partial charge in [0.05, 0.1) is 17.3 Å². The number of fused-ring (bicyclic) bond motifs is 1. The van der Waals surface area contributed by atoms with Crippen molar-refractivity contribution >= 4 is 11.0 Å². The third kappa shape index (κ3) is 1.27. The molecule has 0 saturated heterocycles. The maximum Gasteiger partial charge on any atom is 0.158 e. The molecule has 0 radical (unpaired) electrons. The molecule has 0 unspecified atom stereocenters. The minimum absolute atomic E-state index is 0.0745. The van der Waals surface area contributed by atoms with Crippen LogP contribution in [0.1, 0.15) is 32.9 Å². The topological polar surface area (TPSA) is 54.5 Å². The molecule has 0 bridgehead atoms.